The van der Waals surface area contributed by atoms with E-state index in [9.17, 15) is 18.8 Å². The van der Waals surface area contributed by atoms with Gasteiger partial charge in [0.15, 0.2) is 5.16 Å². The quantitative estimate of drug-likeness (QED) is 0.423. The van der Waals surface area contributed by atoms with E-state index in [2.05, 4.69) is 10.3 Å². The van der Waals surface area contributed by atoms with Crippen LogP contribution < -0.4 is 16.6 Å². The van der Waals surface area contributed by atoms with E-state index in [1.807, 2.05) is 6.92 Å². The van der Waals surface area contributed by atoms with E-state index in [0.717, 1.165) is 17.5 Å². The molecule has 0 bridgehead atoms. The average molecular weight is 471 g/mol. The van der Waals surface area contributed by atoms with E-state index in [4.69, 9.17) is 5.73 Å². The summed E-state index contributed by atoms with van der Waals surface area (Å²) in [4.78, 5) is 42.1. The third kappa shape index (κ3) is 4.71. The fourth-order valence-corrected chi connectivity index (χ4v) is 5.18. The number of nitrogens with zero attached hydrogens (tertiary/aromatic N) is 2. The molecule has 0 saturated heterocycles. The molecule has 10 heteroatoms. The van der Waals surface area contributed by atoms with Crippen molar-refractivity contribution in [2.45, 2.75) is 28.6 Å². The summed E-state index contributed by atoms with van der Waals surface area (Å²) in [7, 11) is 0. The molecule has 0 radical (unpaired) electrons. The van der Waals surface area contributed by atoms with Gasteiger partial charge in [-0.15, -0.1) is 11.8 Å². The van der Waals surface area contributed by atoms with Crippen molar-refractivity contribution in [2.75, 3.05) is 11.1 Å². The topological polar surface area (TPSA) is 107 Å². The molecule has 2 amide bonds. The lowest BCUT2D eigenvalue weighted by molar-refractivity contribution is -0.113. The van der Waals surface area contributed by atoms with Gasteiger partial charge in [-0.05, 0) is 48.5 Å². The van der Waals surface area contributed by atoms with Gasteiger partial charge in [0, 0.05) is 22.9 Å². The minimum Gasteiger partial charge on any atom is -0.366 e. The predicted octanol–water partition coefficient (Wildman–Crippen LogP) is 3.24. The highest BCUT2D eigenvalue weighted by molar-refractivity contribution is 8.00. The Kier molecular flexibility index (Phi) is 6.33. The van der Waals surface area contributed by atoms with Crippen LogP contribution in [0.3, 0.4) is 0 Å². The maximum absolute atomic E-state index is 13.4. The van der Waals surface area contributed by atoms with Crippen molar-refractivity contribution in [1.82, 2.24) is 9.55 Å². The second-order valence-electron chi connectivity index (χ2n) is 7.20. The minimum absolute atomic E-state index is 0.00664. The van der Waals surface area contributed by atoms with Gasteiger partial charge in [-0.2, -0.15) is 0 Å². The van der Waals surface area contributed by atoms with Crippen molar-refractivity contribution in [3.8, 4) is 5.69 Å². The van der Waals surface area contributed by atoms with Crippen LogP contribution in [0.25, 0.3) is 5.69 Å². The SMILES string of the molecule is CC1Cc2nc(SCC(=O)Nc3ccc(C(N)=O)cc3)n(-c3ccc(F)cc3)c(=O)c2S1. The van der Waals surface area contributed by atoms with Gasteiger partial charge in [-0.25, -0.2) is 9.37 Å². The molecule has 32 heavy (non-hydrogen) atoms. The first-order valence-electron chi connectivity index (χ1n) is 9.73. The minimum atomic E-state index is -0.549. The Bertz CT molecular complexity index is 1240. The fraction of sp³-hybridized carbons (Fsp3) is 0.182. The molecule has 0 fully saturated rings. The number of anilines is 1. The summed E-state index contributed by atoms with van der Waals surface area (Å²) in [5.41, 5.74) is 7.06. The van der Waals surface area contributed by atoms with E-state index >= 15 is 0 Å². The molecule has 1 aliphatic rings. The maximum atomic E-state index is 13.4. The van der Waals surface area contributed by atoms with Crippen LogP contribution >= 0.6 is 23.5 Å². The van der Waals surface area contributed by atoms with Gasteiger partial charge >= 0.3 is 0 Å². The first kappa shape index (κ1) is 22.1. The van der Waals surface area contributed by atoms with Crippen LogP contribution in [-0.2, 0) is 11.2 Å². The second kappa shape index (κ2) is 9.17. The number of hydrogen-bond donors (Lipinski definition) is 2. The number of thioether (sulfide) groups is 2. The van der Waals surface area contributed by atoms with Crippen LogP contribution in [-0.4, -0.2) is 32.4 Å². The number of aromatic nitrogens is 2. The van der Waals surface area contributed by atoms with Crippen molar-refractivity contribution >= 4 is 41.0 Å². The molecule has 2 heterocycles. The number of carbonyl (C=O) groups is 2. The van der Waals surface area contributed by atoms with Gasteiger partial charge in [0.1, 0.15) is 5.82 Å². The zero-order valence-electron chi connectivity index (χ0n) is 17.0. The Balaban J connectivity index is 1.57. The number of halogens is 1. The third-order valence-corrected chi connectivity index (χ3v) is 6.91. The summed E-state index contributed by atoms with van der Waals surface area (Å²) < 4.78 is 14.8. The van der Waals surface area contributed by atoms with Crippen molar-refractivity contribution in [3.05, 3.63) is 76.0 Å². The molecular formula is C22H19FN4O3S2. The summed E-state index contributed by atoms with van der Waals surface area (Å²) in [6.07, 6.45) is 0.672. The lowest BCUT2D eigenvalue weighted by Crippen LogP contribution is -2.24. The average Bonchev–Trinajstić information content (AvgIpc) is 3.14. The smallest absolute Gasteiger partial charge is 0.272 e. The standard InChI is InChI=1S/C22H19FN4O3S2/c1-12-10-17-19(32-12)21(30)27(16-8-4-14(23)5-9-16)22(26-17)31-11-18(28)25-15-6-2-13(3-7-15)20(24)29/h2-9,12H,10-11H2,1H3,(H2,24,29)(H,25,28). The van der Waals surface area contributed by atoms with Crippen molar-refractivity contribution in [1.29, 1.82) is 0 Å². The number of nitrogens with two attached hydrogens (primary N) is 1. The zero-order chi connectivity index (χ0) is 22.8. The summed E-state index contributed by atoms with van der Waals surface area (Å²) in [6, 6.07) is 11.8. The van der Waals surface area contributed by atoms with E-state index < -0.39 is 11.7 Å². The van der Waals surface area contributed by atoms with Crippen LogP contribution in [0.2, 0.25) is 0 Å². The van der Waals surface area contributed by atoms with Crippen LogP contribution in [0, 0.1) is 5.82 Å². The van der Waals surface area contributed by atoms with Gasteiger partial charge in [-0.1, -0.05) is 18.7 Å². The number of carbonyl (C=O) groups excluding carboxylic acids is 2. The van der Waals surface area contributed by atoms with E-state index in [1.54, 1.807) is 12.1 Å². The number of fused-ring (bicyclic) bond motifs is 1. The molecule has 0 aliphatic carbocycles. The molecule has 2 aromatic carbocycles. The molecule has 3 aromatic rings. The summed E-state index contributed by atoms with van der Waals surface area (Å²) in [5, 5.41) is 3.34. The number of amides is 2. The largest absolute Gasteiger partial charge is 0.366 e. The summed E-state index contributed by atoms with van der Waals surface area (Å²) in [6.45, 7) is 2.03. The third-order valence-electron chi connectivity index (χ3n) is 4.75. The first-order chi connectivity index (χ1) is 15.3. The van der Waals surface area contributed by atoms with E-state index in [1.165, 1.54) is 52.7 Å². The van der Waals surface area contributed by atoms with Crippen LogP contribution in [0.4, 0.5) is 10.1 Å². The van der Waals surface area contributed by atoms with E-state index in [0.29, 0.717) is 33.4 Å². The molecule has 1 aromatic heterocycles. The highest BCUT2D eigenvalue weighted by Gasteiger charge is 2.27. The van der Waals surface area contributed by atoms with Crippen LogP contribution in [0.1, 0.15) is 23.0 Å². The summed E-state index contributed by atoms with van der Waals surface area (Å²) >= 11 is 2.60. The molecule has 7 nitrogen and oxygen atoms in total. The maximum Gasteiger partial charge on any atom is 0.272 e. The number of nitrogens with one attached hydrogen (secondary N) is 1. The molecule has 1 atom stereocenters. The fourth-order valence-electron chi connectivity index (χ4n) is 3.26. The molecule has 0 spiro atoms. The highest BCUT2D eigenvalue weighted by Crippen LogP contribution is 2.34. The van der Waals surface area contributed by atoms with Crippen LogP contribution in [0.5, 0.6) is 0 Å². The second-order valence-corrected chi connectivity index (χ2v) is 9.59. The molecule has 0 saturated carbocycles. The Hall–Kier alpha value is -3.11. The lowest BCUT2D eigenvalue weighted by atomic mass is 10.2. The molecule has 4 rings (SSSR count). The van der Waals surface area contributed by atoms with Gasteiger partial charge in [0.2, 0.25) is 11.8 Å². The monoisotopic (exact) mass is 470 g/mol. The van der Waals surface area contributed by atoms with E-state index in [-0.39, 0.29) is 22.5 Å². The molecule has 164 valence electrons. The summed E-state index contributed by atoms with van der Waals surface area (Å²) in [5.74, 6) is -1.25. The number of primary amides is 1. The number of benzene rings is 2. The normalized spacial score (nSPS) is 14.8. The lowest BCUT2D eigenvalue weighted by Gasteiger charge is -2.13. The van der Waals surface area contributed by atoms with Crippen molar-refractivity contribution < 1.29 is 14.0 Å². The van der Waals surface area contributed by atoms with Crippen molar-refractivity contribution in [2.24, 2.45) is 5.73 Å². The van der Waals surface area contributed by atoms with Gasteiger partial charge < -0.3 is 11.1 Å². The Morgan fingerprint density at radius 3 is 2.56 bits per heavy atom. The zero-order valence-corrected chi connectivity index (χ0v) is 18.6. The number of hydrogen-bond acceptors (Lipinski definition) is 6. The number of rotatable bonds is 6. The Morgan fingerprint density at radius 1 is 1.22 bits per heavy atom. The Morgan fingerprint density at radius 2 is 1.91 bits per heavy atom. The van der Waals surface area contributed by atoms with Gasteiger partial charge in [-0.3, -0.25) is 19.0 Å². The molecular weight excluding hydrogens is 451 g/mol. The van der Waals surface area contributed by atoms with Gasteiger partial charge in [0.05, 0.1) is 22.0 Å². The van der Waals surface area contributed by atoms with Crippen LogP contribution in [0.15, 0.2) is 63.4 Å². The highest BCUT2D eigenvalue weighted by atomic mass is 32.2. The van der Waals surface area contributed by atoms with Gasteiger partial charge in [0.25, 0.3) is 5.56 Å². The first-order valence-corrected chi connectivity index (χ1v) is 11.6. The Labute approximate surface area is 191 Å². The molecule has 1 unspecified atom stereocenters. The molecule has 1 aliphatic heterocycles. The molecule has 3 N–H and O–H groups in total. The van der Waals surface area contributed by atoms with Crippen molar-refractivity contribution in [3.63, 3.8) is 0 Å². The predicted molar refractivity (Wildman–Crippen MR) is 123 cm³/mol.